The first kappa shape index (κ1) is 13.5. The molecule has 2 aliphatic heterocycles. The van der Waals surface area contributed by atoms with Gasteiger partial charge in [-0.05, 0) is 25.7 Å². The highest BCUT2D eigenvalue weighted by Crippen LogP contribution is 2.32. The second kappa shape index (κ2) is 5.12. The minimum absolute atomic E-state index is 0.0344. The number of H-pyrrole nitrogens is 1. The molecule has 3 rings (SSSR count). The number of hydrogen-bond donors (Lipinski definition) is 1. The molecule has 2 fully saturated rings. The van der Waals surface area contributed by atoms with E-state index in [1.165, 1.54) is 0 Å². The molecule has 0 radical (unpaired) electrons. The molecule has 0 aliphatic carbocycles. The number of likely N-dealkylation sites (tertiary alicyclic amines) is 1. The number of hydrogen-bond acceptors (Lipinski definition) is 6. The Morgan fingerprint density at radius 1 is 1.25 bits per heavy atom. The third-order valence-corrected chi connectivity index (χ3v) is 5.81. The minimum Gasteiger partial charge on any atom is -0.332 e. The van der Waals surface area contributed by atoms with Crippen LogP contribution in [0.5, 0.6) is 0 Å². The Morgan fingerprint density at radius 2 is 2.00 bits per heavy atom. The van der Waals surface area contributed by atoms with Crippen molar-refractivity contribution in [2.45, 2.75) is 31.7 Å². The molecular formula is C11H17N5O3S. The molecule has 0 bridgehead atoms. The van der Waals surface area contributed by atoms with Crippen molar-refractivity contribution < 1.29 is 13.2 Å². The van der Waals surface area contributed by atoms with Crippen molar-refractivity contribution in [3.05, 3.63) is 5.82 Å². The normalized spacial score (nSPS) is 26.8. The smallest absolute Gasteiger partial charge is 0.226 e. The molecule has 1 aromatic heterocycles. The van der Waals surface area contributed by atoms with E-state index in [4.69, 9.17) is 0 Å². The van der Waals surface area contributed by atoms with E-state index in [0.29, 0.717) is 25.2 Å². The summed E-state index contributed by atoms with van der Waals surface area (Å²) in [5.41, 5.74) is 0. The van der Waals surface area contributed by atoms with Crippen LogP contribution in [0.4, 0.5) is 0 Å². The van der Waals surface area contributed by atoms with E-state index in [0.717, 1.165) is 12.8 Å². The Morgan fingerprint density at radius 3 is 2.65 bits per heavy atom. The number of carbonyl (C=O) groups excluding carboxylic acids is 1. The third kappa shape index (κ3) is 2.54. The van der Waals surface area contributed by atoms with Gasteiger partial charge in [0, 0.05) is 12.5 Å². The Balaban J connectivity index is 1.71. The van der Waals surface area contributed by atoms with Gasteiger partial charge in [0.15, 0.2) is 5.82 Å². The van der Waals surface area contributed by atoms with Gasteiger partial charge in [0.1, 0.15) is 9.84 Å². The van der Waals surface area contributed by atoms with Gasteiger partial charge >= 0.3 is 0 Å². The van der Waals surface area contributed by atoms with Crippen LogP contribution in [0, 0.1) is 5.92 Å². The number of rotatable bonds is 2. The molecule has 20 heavy (non-hydrogen) atoms. The lowest BCUT2D eigenvalue weighted by Gasteiger charge is -2.29. The SMILES string of the molecule is O=C(C1CCS(=O)(=O)CC1)N1CCCC1c1nn[nH]n1. The van der Waals surface area contributed by atoms with Gasteiger partial charge in [-0.15, -0.1) is 10.2 Å². The molecule has 8 nitrogen and oxygen atoms in total. The summed E-state index contributed by atoms with van der Waals surface area (Å²) in [6.45, 7) is 0.682. The number of nitrogens with zero attached hydrogens (tertiary/aromatic N) is 4. The highest BCUT2D eigenvalue weighted by Gasteiger charge is 2.38. The first-order valence-corrected chi connectivity index (χ1v) is 8.63. The van der Waals surface area contributed by atoms with Crippen LogP contribution in [-0.2, 0) is 14.6 Å². The number of aromatic nitrogens is 4. The fourth-order valence-electron chi connectivity index (χ4n) is 2.98. The van der Waals surface area contributed by atoms with Gasteiger partial charge in [-0.1, -0.05) is 5.21 Å². The van der Waals surface area contributed by atoms with Gasteiger partial charge < -0.3 is 4.90 Å². The number of nitrogens with one attached hydrogen (secondary N) is 1. The zero-order valence-corrected chi connectivity index (χ0v) is 11.8. The number of amides is 1. The van der Waals surface area contributed by atoms with Crippen molar-refractivity contribution in [2.75, 3.05) is 18.1 Å². The number of tetrazole rings is 1. The van der Waals surface area contributed by atoms with E-state index < -0.39 is 9.84 Å². The monoisotopic (exact) mass is 299 g/mol. The van der Waals surface area contributed by atoms with Crippen LogP contribution in [-0.4, -0.2) is 57.9 Å². The molecule has 0 aromatic carbocycles. The van der Waals surface area contributed by atoms with E-state index in [1.54, 1.807) is 4.90 Å². The van der Waals surface area contributed by atoms with E-state index >= 15 is 0 Å². The second-order valence-electron chi connectivity index (χ2n) is 5.39. The predicted octanol–water partition coefficient (Wildman–Crippen LogP) is -0.312. The molecule has 0 saturated carbocycles. The predicted molar refractivity (Wildman–Crippen MR) is 69.2 cm³/mol. The van der Waals surface area contributed by atoms with Crippen molar-refractivity contribution in [2.24, 2.45) is 5.92 Å². The Hall–Kier alpha value is -1.51. The van der Waals surface area contributed by atoms with Crippen LogP contribution in [0.15, 0.2) is 0 Å². The largest absolute Gasteiger partial charge is 0.332 e. The van der Waals surface area contributed by atoms with Crippen molar-refractivity contribution in [1.29, 1.82) is 0 Å². The summed E-state index contributed by atoms with van der Waals surface area (Å²) in [4.78, 5) is 14.3. The van der Waals surface area contributed by atoms with E-state index in [-0.39, 0.29) is 29.4 Å². The summed E-state index contributed by atoms with van der Waals surface area (Å²) < 4.78 is 22.9. The topological polar surface area (TPSA) is 109 Å². The quantitative estimate of drug-likeness (QED) is 0.802. The molecular weight excluding hydrogens is 282 g/mol. The molecule has 2 saturated heterocycles. The van der Waals surface area contributed by atoms with Gasteiger partial charge in [-0.2, -0.15) is 5.21 Å². The van der Waals surface area contributed by atoms with Gasteiger partial charge in [-0.25, -0.2) is 8.42 Å². The molecule has 9 heteroatoms. The summed E-state index contributed by atoms with van der Waals surface area (Å²) in [7, 11) is -2.94. The van der Waals surface area contributed by atoms with Gasteiger partial charge in [0.25, 0.3) is 0 Å². The van der Waals surface area contributed by atoms with Crippen molar-refractivity contribution >= 4 is 15.7 Å². The van der Waals surface area contributed by atoms with Crippen LogP contribution in [0.25, 0.3) is 0 Å². The lowest BCUT2D eigenvalue weighted by atomic mass is 10.0. The molecule has 1 atom stereocenters. The summed E-state index contributed by atoms with van der Waals surface area (Å²) in [6.07, 6.45) is 2.60. The first-order valence-electron chi connectivity index (χ1n) is 6.81. The lowest BCUT2D eigenvalue weighted by molar-refractivity contribution is -0.136. The Bertz CT molecular complexity index is 571. The van der Waals surface area contributed by atoms with Crippen LogP contribution in [0.3, 0.4) is 0 Å². The van der Waals surface area contributed by atoms with E-state index in [9.17, 15) is 13.2 Å². The van der Waals surface area contributed by atoms with E-state index in [1.807, 2.05) is 0 Å². The lowest BCUT2D eigenvalue weighted by Crippen LogP contribution is -2.39. The van der Waals surface area contributed by atoms with Crippen LogP contribution in [0.1, 0.15) is 37.5 Å². The Labute approximate surface area is 116 Å². The maximum Gasteiger partial charge on any atom is 0.226 e. The van der Waals surface area contributed by atoms with Crippen LogP contribution < -0.4 is 0 Å². The standard InChI is InChI=1S/C11H17N5O3S/c17-11(8-3-6-20(18,19)7-4-8)16-5-1-2-9(16)10-12-14-15-13-10/h8-9H,1-7H2,(H,12,13,14,15). The zero-order chi connectivity index (χ0) is 14.2. The summed E-state index contributed by atoms with van der Waals surface area (Å²) in [5.74, 6) is 0.617. The zero-order valence-electron chi connectivity index (χ0n) is 11.0. The van der Waals surface area contributed by atoms with Crippen molar-refractivity contribution in [1.82, 2.24) is 25.5 Å². The van der Waals surface area contributed by atoms with E-state index in [2.05, 4.69) is 20.6 Å². The molecule has 3 heterocycles. The first-order chi connectivity index (χ1) is 9.57. The fraction of sp³-hybridized carbons (Fsp3) is 0.818. The molecule has 0 spiro atoms. The average molecular weight is 299 g/mol. The number of aromatic amines is 1. The second-order valence-corrected chi connectivity index (χ2v) is 7.69. The highest BCUT2D eigenvalue weighted by molar-refractivity contribution is 7.91. The van der Waals surface area contributed by atoms with Gasteiger partial charge in [-0.3, -0.25) is 4.79 Å². The Kier molecular flexibility index (Phi) is 3.45. The molecule has 1 N–H and O–H groups in total. The van der Waals surface area contributed by atoms with Crippen LogP contribution in [0.2, 0.25) is 0 Å². The van der Waals surface area contributed by atoms with Crippen molar-refractivity contribution in [3.63, 3.8) is 0 Å². The molecule has 110 valence electrons. The summed E-state index contributed by atoms with van der Waals surface area (Å²) in [5, 5.41) is 13.9. The molecule has 1 unspecified atom stereocenters. The highest BCUT2D eigenvalue weighted by atomic mass is 32.2. The fourth-order valence-corrected chi connectivity index (χ4v) is 4.47. The number of sulfone groups is 1. The third-order valence-electron chi connectivity index (χ3n) is 4.10. The van der Waals surface area contributed by atoms with Gasteiger partial charge in [0.2, 0.25) is 5.91 Å². The molecule has 2 aliphatic rings. The van der Waals surface area contributed by atoms with Crippen molar-refractivity contribution in [3.8, 4) is 0 Å². The summed E-state index contributed by atoms with van der Waals surface area (Å²) >= 11 is 0. The number of carbonyl (C=O) groups is 1. The molecule has 1 amide bonds. The van der Waals surface area contributed by atoms with Crippen LogP contribution >= 0.6 is 0 Å². The minimum atomic E-state index is -2.94. The average Bonchev–Trinajstić information content (AvgIpc) is 3.08. The van der Waals surface area contributed by atoms with Gasteiger partial charge in [0.05, 0.1) is 17.5 Å². The maximum atomic E-state index is 12.6. The maximum absolute atomic E-state index is 12.6. The molecule has 1 aromatic rings. The summed E-state index contributed by atoms with van der Waals surface area (Å²) in [6, 6.07) is -0.125.